The first-order chi connectivity index (χ1) is 7.29. The van der Waals surface area contributed by atoms with Gasteiger partial charge in [0.1, 0.15) is 11.9 Å². The molecule has 1 N–H and O–H groups in total. The van der Waals surface area contributed by atoms with Crippen LogP contribution in [-0.2, 0) is 4.74 Å². The van der Waals surface area contributed by atoms with Crippen LogP contribution in [0.2, 0.25) is 0 Å². The lowest BCUT2D eigenvalue weighted by Gasteiger charge is -2.40. The predicted octanol–water partition coefficient (Wildman–Crippen LogP) is 2.50. The summed E-state index contributed by atoms with van der Waals surface area (Å²) in [5, 5.41) is 3.43. The molecule has 84 valence electrons. The summed E-state index contributed by atoms with van der Waals surface area (Å²) in [4.78, 5) is 0. The van der Waals surface area contributed by atoms with Gasteiger partial charge in [0.2, 0.25) is 0 Å². The zero-order chi connectivity index (χ0) is 10.7. The van der Waals surface area contributed by atoms with Crippen molar-refractivity contribution in [3.8, 4) is 0 Å². The van der Waals surface area contributed by atoms with Gasteiger partial charge in [-0.15, -0.1) is 0 Å². The van der Waals surface area contributed by atoms with Crippen molar-refractivity contribution in [2.45, 2.75) is 38.4 Å². The Morgan fingerprint density at radius 2 is 2.27 bits per heavy atom. The van der Waals surface area contributed by atoms with Gasteiger partial charge in [-0.2, -0.15) is 0 Å². The number of morpholine rings is 1. The Balaban J connectivity index is 2.10. The van der Waals surface area contributed by atoms with Gasteiger partial charge < -0.3 is 14.5 Å². The Labute approximate surface area is 90.8 Å². The third kappa shape index (κ3) is 2.08. The van der Waals surface area contributed by atoms with Crippen molar-refractivity contribution in [2.75, 3.05) is 13.1 Å². The van der Waals surface area contributed by atoms with Crippen LogP contribution in [0.25, 0.3) is 0 Å². The quantitative estimate of drug-likeness (QED) is 0.830. The van der Waals surface area contributed by atoms with E-state index in [4.69, 9.17) is 9.15 Å². The van der Waals surface area contributed by atoms with Crippen LogP contribution in [0.4, 0.5) is 0 Å². The molecule has 2 heterocycles. The van der Waals surface area contributed by atoms with Crippen LogP contribution in [0.1, 0.15) is 38.6 Å². The summed E-state index contributed by atoms with van der Waals surface area (Å²) in [5.41, 5.74) is -0.0181. The summed E-state index contributed by atoms with van der Waals surface area (Å²) in [6.45, 7) is 6.14. The molecule has 0 bridgehead atoms. The minimum absolute atomic E-state index is 0.0181. The molecule has 1 aliphatic heterocycles. The number of rotatable bonds is 3. The minimum Gasteiger partial charge on any atom is -0.467 e. The highest BCUT2D eigenvalue weighted by Gasteiger charge is 2.35. The van der Waals surface area contributed by atoms with E-state index in [1.54, 1.807) is 6.26 Å². The van der Waals surface area contributed by atoms with E-state index in [0.717, 1.165) is 31.7 Å². The van der Waals surface area contributed by atoms with Crippen molar-refractivity contribution in [1.29, 1.82) is 0 Å². The molecule has 0 aromatic carbocycles. The molecular weight excluding hydrogens is 190 g/mol. The highest BCUT2D eigenvalue weighted by Crippen LogP contribution is 2.31. The molecule has 1 aliphatic rings. The Bertz CT molecular complexity index is 291. The average Bonchev–Trinajstić information content (AvgIpc) is 2.82. The van der Waals surface area contributed by atoms with Crippen molar-refractivity contribution in [3.05, 3.63) is 24.2 Å². The SMILES string of the molecule is CCC1(CC)CNCC(c2ccco2)O1. The van der Waals surface area contributed by atoms with Crippen molar-refractivity contribution in [1.82, 2.24) is 5.32 Å². The van der Waals surface area contributed by atoms with Crippen molar-refractivity contribution < 1.29 is 9.15 Å². The molecule has 0 aliphatic carbocycles. The largest absolute Gasteiger partial charge is 0.467 e. The smallest absolute Gasteiger partial charge is 0.133 e. The van der Waals surface area contributed by atoms with Crippen LogP contribution < -0.4 is 5.32 Å². The monoisotopic (exact) mass is 209 g/mol. The van der Waals surface area contributed by atoms with Gasteiger partial charge in [0.25, 0.3) is 0 Å². The molecule has 0 amide bonds. The molecule has 1 unspecified atom stereocenters. The van der Waals surface area contributed by atoms with Gasteiger partial charge in [-0.3, -0.25) is 0 Å². The van der Waals surface area contributed by atoms with E-state index in [9.17, 15) is 0 Å². The molecule has 15 heavy (non-hydrogen) atoms. The van der Waals surface area contributed by atoms with Gasteiger partial charge >= 0.3 is 0 Å². The van der Waals surface area contributed by atoms with Gasteiger partial charge in [0.15, 0.2) is 0 Å². The van der Waals surface area contributed by atoms with Gasteiger partial charge in [-0.1, -0.05) is 13.8 Å². The second-order valence-electron chi connectivity index (χ2n) is 4.14. The number of ether oxygens (including phenoxy) is 1. The highest BCUT2D eigenvalue weighted by atomic mass is 16.5. The number of furan rings is 1. The van der Waals surface area contributed by atoms with Crippen molar-refractivity contribution in [2.24, 2.45) is 0 Å². The Morgan fingerprint density at radius 3 is 2.87 bits per heavy atom. The second kappa shape index (κ2) is 4.37. The maximum Gasteiger partial charge on any atom is 0.133 e. The third-order valence-electron chi connectivity index (χ3n) is 3.32. The van der Waals surface area contributed by atoms with E-state index in [2.05, 4.69) is 19.2 Å². The van der Waals surface area contributed by atoms with Crippen LogP contribution in [0.5, 0.6) is 0 Å². The summed E-state index contributed by atoms with van der Waals surface area (Å²) >= 11 is 0. The Morgan fingerprint density at radius 1 is 1.47 bits per heavy atom. The molecule has 0 saturated carbocycles. The first-order valence-corrected chi connectivity index (χ1v) is 5.71. The molecule has 1 atom stereocenters. The lowest BCUT2D eigenvalue weighted by Crippen LogP contribution is -2.50. The lowest BCUT2D eigenvalue weighted by molar-refractivity contribution is -0.128. The molecule has 1 saturated heterocycles. The molecule has 3 heteroatoms. The van der Waals surface area contributed by atoms with E-state index >= 15 is 0 Å². The second-order valence-corrected chi connectivity index (χ2v) is 4.14. The summed E-state index contributed by atoms with van der Waals surface area (Å²) in [6, 6.07) is 3.89. The van der Waals surface area contributed by atoms with Crippen LogP contribution in [-0.4, -0.2) is 18.7 Å². The molecule has 0 radical (unpaired) electrons. The standard InChI is InChI=1S/C12H19NO2/c1-3-12(4-2)9-13-8-11(15-12)10-6-5-7-14-10/h5-7,11,13H,3-4,8-9H2,1-2H3. The number of nitrogens with one attached hydrogen (secondary N) is 1. The lowest BCUT2D eigenvalue weighted by atomic mass is 9.94. The first-order valence-electron chi connectivity index (χ1n) is 5.71. The third-order valence-corrected chi connectivity index (χ3v) is 3.32. The van der Waals surface area contributed by atoms with E-state index in [1.807, 2.05) is 12.1 Å². The average molecular weight is 209 g/mol. The Kier molecular flexibility index (Phi) is 3.12. The normalized spacial score (nSPS) is 25.3. The van der Waals surface area contributed by atoms with Crippen molar-refractivity contribution in [3.63, 3.8) is 0 Å². The summed E-state index contributed by atoms with van der Waals surface area (Å²) in [6.07, 6.45) is 3.84. The highest BCUT2D eigenvalue weighted by molar-refractivity contribution is 5.05. The Hall–Kier alpha value is -0.800. The van der Waals surface area contributed by atoms with Crippen LogP contribution in [0.15, 0.2) is 22.8 Å². The topological polar surface area (TPSA) is 34.4 Å². The molecular formula is C12H19NO2. The molecule has 0 spiro atoms. The molecule has 2 rings (SSSR count). The van der Waals surface area contributed by atoms with E-state index in [-0.39, 0.29) is 11.7 Å². The molecule has 3 nitrogen and oxygen atoms in total. The van der Waals surface area contributed by atoms with E-state index in [1.165, 1.54) is 0 Å². The fourth-order valence-electron chi connectivity index (χ4n) is 2.12. The number of hydrogen-bond acceptors (Lipinski definition) is 3. The van der Waals surface area contributed by atoms with Gasteiger partial charge in [0.05, 0.1) is 11.9 Å². The van der Waals surface area contributed by atoms with Crippen LogP contribution >= 0.6 is 0 Å². The van der Waals surface area contributed by atoms with Gasteiger partial charge in [0, 0.05) is 13.1 Å². The van der Waals surface area contributed by atoms with Gasteiger partial charge in [-0.05, 0) is 25.0 Å². The van der Waals surface area contributed by atoms with Crippen LogP contribution in [0, 0.1) is 0 Å². The summed E-state index contributed by atoms with van der Waals surface area (Å²) < 4.78 is 11.6. The number of hydrogen-bond donors (Lipinski definition) is 1. The molecule has 1 aromatic heterocycles. The van der Waals surface area contributed by atoms with Crippen LogP contribution in [0.3, 0.4) is 0 Å². The van der Waals surface area contributed by atoms with E-state index < -0.39 is 0 Å². The maximum atomic E-state index is 6.16. The molecule has 1 fully saturated rings. The summed E-state index contributed by atoms with van der Waals surface area (Å²) in [5.74, 6) is 0.925. The predicted molar refractivity (Wildman–Crippen MR) is 58.7 cm³/mol. The fraction of sp³-hybridized carbons (Fsp3) is 0.667. The van der Waals surface area contributed by atoms with Crippen molar-refractivity contribution >= 4 is 0 Å². The zero-order valence-corrected chi connectivity index (χ0v) is 9.45. The van der Waals surface area contributed by atoms with Gasteiger partial charge in [-0.25, -0.2) is 0 Å². The zero-order valence-electron chi connectivity index (χ0n) is 9.45. The summed E-state index contributed by atoms with van der Waals surface area (Å²) in [7, 11) is 0. The maximum absolute atomic E-state index is 6.16. The fourth-order valence-corrected chi connectivity index (χ4v) is 2.12. The first kappa shape index (κ1) is 10.7. The van der Waals surface area contributed by atoms with E-state index in [0.29, 0.717) is 0 Å². The molecule has 1 aromatic rings. The minimum atomic E-state index is -0.0181.